The number of benzene rings is 1. The van der Waals surface area contributed by atoms with Gasteiger partial charge in [-0.3, -0.25) is 0 Å². The number of amides is 1. The molecule has 0 aliphatic rings. The van der Waals surface area contributed by atoms with Gasteiger partial charge in [-0.05, 0) is 52.3 Å². The van der Waals surface area contributed by atoms with Crippen LogP contribution in [0.1, 0.15) is 46.2 Å². The number of carbonyl (C=O) groups excluding carboxylic acids is 1. The van der Waals surface area contributed by atoms with Gasteiger partial charge < -0.3 is 25.6 Å². The molecule has 132 valence electrons. The minimum Gasteiger partial charge on any atom is -0.497 e. The normalized spacial score (nSPS) is 13.2. The van der Waals surface area contributed by atoms with Gasteiger partial charge in [0.15, 0.2) is 0 Å². The first kappa shape index (κ1) is 21.2. The zero-order valence-corrected chi connectivity index (χ0v) is 14.9. The Balaban J connectivity index is 0.00000149. The van der Waals surface area contributed by atoms with Crippen LogP contribution in [-0.2, 0) is 4.74 Å². The lowest BCUT2D eigenvalue weighted by atomic mass is 10.0. The third kappa shape index (κ3) is 9.05. The van der Waals surface area contributed by atoms with E-state index in [0.717, 1.165) is 11.3 Å². The van der Waals surface area contributed by atoms with E-state index in [1.807, 2.05) is 52.0 Å². The molecule has 6 heteroatoms. The van der Waals surface area contributed by atoms with Gasteiger partial charge in [0.05, 0.1) is 13.2 Å². The van der Waals surface area contributed by atoms with Gasteiger partial charge in [-0.15, -0.1) is 0 Å². The molecular formula is C17H30N2O4. The molecule has 0 radical (unpaired) electrons. The summed E-state index contributed by atoms with van der Waals surface area (Å²) in [5, 5.41) is 10.4. The summed E-state index contributed by atoms with van der Waals surface area (Å²) < 4.78 is 10.4. The lowest BCUT2D eigenvalue weighted by molar-refractivity contribution is 0.0497. The van der Waals surface area contributed by atoms with Crippen LogP contribution in [-0.4, -0.2) is 36.6 Å². The number of rotatable bonds is 4. The van der Waals surface area contributed by atoms with E-state index in [1.165, 1.54) is 0 Å². The van der Waals surface area contributed by atoms with E-state index < -0.39 is 11.7 Å². The van der Waals surface area contributed by atoms with Gasteiger partial charge in [-0.1, -0.05) is 12.1 Å². The Morgan fingerprint density at radius 2 is 1.78 bits per heavy atom. The van der Waals surface area contributed by atoms with E-state index >= 15 is 0 Å². The number of aliphatic hydroxyl groups excluding tert-OH is 1. The molecule has 1 amide bonds. The molecular weight excluding hydrogens is 296 g/mol. The molecule has 2 unspecified atom stereocenters. The second-order valence-corrected chi connectivity index (χ2v) is 6.07. The van der Waals surface area contributed by atoms with Crippen LogP contribution < -0.4 is 15.8 Å². The smallest absolute Gasteiger partial charge is 0.408 e. The van der Waals surface area contributed by atoms with E-state index in [1.54, 1.807) is 14.0 Å². The van der Waals surface area contributed by atoms with Crippen molar-refractivity contribution in [2.75, 3.05) is 13.7 Å². The van der Waals surface area contributed by atoms with Crippen molar-refractivity contribution in [2.45, 2.75) is 52.3 Å². The molecule has 0 saturated carbocycles. The average molecular weight is 326 g/mol. The Morgan fingerprint density at radius 1 is 1.30 bits per heavy atom. The van der Waals surface area contributed by atoms with E-state index in [0.29, 0.717) is 0 Å². The molecule has 0 aromatic heterocycles. The predicted octanol–water partition coefficient (Wildman–Crippen LogP) is 2.61. The van der Waals surface area contributed by atoms with Crippen molar-refractivity contribution in [3.05, 3.63) is 29.8 Å². The minimum absolute atomic E-state index is 0.240. The first-order valence-electron chi connectivity index (χ1n) is 7.64. The van der Waals surface area contributed by atoms with Crippen molar-refractivity contribution in [2.24, 2.45) is 5.73 Å². The summed E-state index contributed by atoms with van der Waals surface area (Å²) in [7, 11) is 1.61. The van der Waals surface area contributed by atoms with Crippen LogP contribution in [0.5, 0.6) is 5.75 Å². The highest BCUT2D eigenvalue weighted by Gasteiger charge is 2.22. The second kappa shape index (κ2) is 10.1. The first-order valence-corrected chi connectivity index (χ1v) is 7.64. The standard InChI is InChI=1S/C15H24N2O3.C2H6O/c1-10(16)13(17-14(18)20-15(2,3)4)11-6-8-12(19-5)9-7-11;1-2-3/h6-10,13H,16H2,1-5H3,(H,17,18);3H,2H2,1H3. The number of hydrogen-bond acceptors (Lipinski definition) is 5. The van der Waals surface area contributed by atoms with Crippen molar-refractivity contribution >= 4 is 6.09 Å². The zero-order chi connectivity index (χ0) is 18.0. The van der Waals surface area contributed by atoms with Gasteiger partial charge in [-0.2, -0.15) is 0 Å². The summed E-state index contributed by atoms with van der Waals surface area (Å²) in [6, 6.07) is 6.88. The lowest BCUT2D eigenvalue weighted by Gasteiger charge is -2.26. The quantitative estimate of drug-likeness (QED) is 0.791. The Kier molecular flexibility index (Phi) is 9.29. The highest BCUT2D eigenvalue weighted by Crippen LogP contribution is 2.20. The van der Waals surface area contributed by atoms with Crippen molar-refractivity contribution in [3.8, 4) is 5.75 Å². The molecule has 0 fully saturated rings. The van der Waals surface area contributed by atoms with Crippen molar-refractivity contribution in [3.63, 3.8) is 0 Å². The maximum absolute atomic E-state index is 11.9. The molecule has 0 bridgehead atoms. The van der Waals surface area contributed by atoms with E-state index in [9.17, 15) is 4.79 Å². The van der Waals surface area contributed by atoms with Gasteiger partial charge in [0.1, 0.15) is 11.4 Å². The SMILES string of the molecule is CCO.COc1ccc(C(NC(=O)OC(C)(C)C)C(C)N)cc1. The Bertz CT molecular complexity index is 453. The number of alkyl carbamates (subject to hydrolysis) is 1. The number of nitrogens with one attached hydrogen (secondary N) is 1. The summed E-state index contributed by atoms with van der Waals surface area (Å²) in [4.78, 5) is 11.9. The fourth-order valence-electron chi connectivity index (χ4n) is 1.76. The summed E-state index contributed by atoms with van der Waals surface area (Å²) >= 11 is 0. The largest absolute Gasteiger partial charge is 0.497 e. The average Bonchev–Trinajstić information content (AvgIpc) is 2.43. The van der Waals surface area contributed by atoms with Crippen LogP contribution in [0.3, 0.4) is 0 Å². The summed E-state index contributed by atoms with van der Waals surface area (Å²) in [5.74, 6) is 0.759. The number of nitrogens with two attached hydrogens (primary N) is 1. The van der Waals surface area contributed by atoms with E-state index in [-0.39, 0.29) is 18.7 Å². The number of carbonyl (C=O) groups is 1. The Hall–Kier alpha value is -1.79. The molecule has 0 saturated heterocycles. The monoisotopic (exact) mass is 326 g/mol. The molecule has 1 aromatic rings. The maximum Gasteiger partial charge on any atom is 0.408 e. The first-order chi connectivity index (χ1) is 10.6. The molecule has 1 rings (SSSR count). The van der Waals surface area contributed by atoms with E-state index in [2.05, 4.69) is 5.32 Å². The third-order valence-corrected chi connectivity index (χ3v) is 2.67. The zero-order valence-electron chi connectivity index (χ0n) is 14.9. The topological polar surface area (TPSA) is 93.8 Å². The number of aliphatic hydroxyl groups is 1. The fourth-order valence-corrected chi connectivity index (χ4v) is 1.76. The summed E-state index contributed by atoms with van der Waals surface area (Å²) in [6.07, 6.45) is -0.476. The van der Waals surface area contributed by atoms with Crippen LogP contribution in [0.2, 0.25) is 0 Å². The molecule has 2 atom stereocenters. The Morgan fingerprint density at radius 3 is 2.13 bits per heavy atom. The van der Waals surface area contributed by atoms with Crippen LogP contribution in [0.15, 0.2) is 24.3 Å². The molecule has 1 aromatic carbocycles. The lowest BCUT2D eigenvalue weighted by Crippen LogP contribution is -2.41. The van der Waals surface area contributed by atoms with Crippen molar-refractivity contribution < 1.29 is 19.4 Å². The highest BCUT2D eigenvalue weighted by atomic mass is 16.6. The number of methoxy groups -OCH3 is 1. The number of ether oxygens (including phenoxy) is 2. The van der Waals surface area contributed by atoms with Gasteiger partial charge in [0.25, 0.3) is 0 Å². The van der Waals surface area contributed by atoms with Gasteiger partial charge in [-0.25, -0.2) is 4.79 Å². The molecule has 4 N–H and O–H groups in total. The van der Waals surface area contributed by atoms with Gasteiger partial charge in [0.2, 0.25) is 0 Å². The maximum atomic E-state index is 11.9. The van der Waals surface area contributed by atoms with Crippen molar-refractivity contribution in [1.29, 1.82) is 0 Å². The van der Waals surface area contributed by atoms with Gasteiger partial charge >= 0.3 is 6.09 Å². The highest BCUT2D eigenvalue weighted by molar-refractivity contribution is 5.68. The predicted molar refractivity (Wildman–Crippen MR) is 91.5 cm³/mol. The fraction of sp³-hybridized carbons (Fsp3) is 0.588. The van der Waals surface area contributed by atoms with Gasteiger partial charge in [0, 0.05) is 12.6 Å². The summed E-state index contributed by atoms with van der Waals surface area (Å²) in [5.41, 5.74) is 6.32. The van der Waals surface area contributed by atoms with Crippen LogP contribution in [0, 0.1) is 0 Å². The van der Waals surface area contributed by atoms with E-state index in [4.69, 9.17) is 20.3 Å². The molecule has 0 spiro atoms. The molecule has 23 heavy (non-hydrogen) atoms. The van der Waals surface area contributed by atoms with Crippen LogP contribution in [0.4, 0.5) is 4.79 Å². The third-order valence-electron chi connectivity index (χ3n) is 2.67. The Labute approximate surface area is 139 Å². The molecule has 0 aliphatic heterocycles. The summed E-state index contributed by atoms with van der Waals surface area (Å²) in [6.45, 7) is 9.23. The molecule has 6 nitrogen and oxygen atoms in total. The second-order valence-electron chi connectivity index (χ2n) is 6.07. The van der Waals surface area contributed by atoms with Crippen LogP contribution >= 0.6 is 0 Å². The molecule has 0 aliphatic carbocycles. The van der Waals surface area contributed by atoms with Crippen molar-refractivity contribution in [1.82, 2.24) is 5.32 Å². The molecule has 0 heterocycles. The van der Waals surface area contributed by atoms with Crippen LogP contribution in [0.25, 0.3) is 0 Å². The minimum atomic E-state index is -0.535. The number of hydrogen-bond donors (Lipinski definition) is 3.